The first-order valence-electron chi connectivity index (χ1n) is 5.56. The highest BCUT2D eigenvalue weighted by Crippen LogP contribution is 2.19. The van der Waals surface area contributed by atoms with Crippen molar-refractivity contribution in [1.29, 1.82) is 0 Å². The molecule has 0 aromatic heterocycles. The quantitative estimate of drug-likeness (QED) is 0.605. The number of primary amides is 1. The van der Waals surface area contributed by atoms with Crippen LogP contribution in [0.4, 0.5) is 4.79 Å². The van der Waals surface area contributed by atoms with Crippen LogP contribution in [0.5, 0.6) is 0 Å². The summed E-state index contributed by atoms with van der Waals surface area (Å²) in [6.45, 7) is 4.48. The van der Waals surface area contributed by atoms with Gasteiger partial charge in [0.2, 0.25) is 0 Å². The highest BCUT2D eigenvalue weighted by molar-refractivity contribution is 5.72. The van der Waals surface area contributed by atoms with E-state index in [2.05, 4.69) is 5.32 Å². The van der Waals surface area contributed by atoms with Gasteiger partial charge in [-0.25, -0.2) is 4.79 Å². The third kappa shape index (κ3) is 3.68. The van der Waals surface area contributed by atoms with E-state index in [1.807, 2.05) is 6.92 Å². The number of likely N-dealkylation sites (tertiary alicyclic amines) is 1. The van der Waals surface area contributed by atoms with Crippen LogP contribution in [-0.2, 0) is 0 Å². The fourth-order valence-corrected chi connectivity index (χ4v) is 2.21. The van der Waals surface area contributed by atoms with Crippen LogP contribution in [0.2, 0.25) is 0 Å². The molecule has 0 aromatic carbocycles. The van der Waals surface area contributed by atoms with Crippen molar-refractivity contribution in [3.63, 3.8) is 0 Å². The van der Waals surface area contributed by atoms with Crippen LogP contribution in [0.3, 0.4) is 0 Å². The molecule has 1 fully saturated rings. The van der Waals surface area contributed by atoms with Gasteiger partial charge in [0.05, 0.1) is 0 Å². The summed E-state index contributed by atoms with van der Waals surface area (Å²) >= 11 is 0. The van der Waals surface area contributed by atoms with Crippen LogP contribution >= 0.6 is 0 Å². The Morgan fingerprint density at radius 2 is 2.33 bits per heavy atom. The summed E-state index contributed by atoms with van der Waals surface area (Å²) in [5.41, 5.74) is 5.28. The Kier molecular flexibility index (Phi) is 4.84. The molecule has 0 aliphatic carbocycles. The summed E-state index contributed by atoms with van der Waals surface area (Å²) in [5, 5.41) is 12.2. The van der Waals surface area contributed by atoms with Gasteiger partial charge >= 0.3 is 6.03 Å². The second-order valence-electron chi connectivity index (χ2n) is 4.11. The molecule has 1 saturated heterocycles. The van der Waals surface area contributed by atoms with Crippen molar-refractivity contribution in [2.24, 2.45) is 11.7 Å². The lowest BCUT2D eigenvalue weighted by molar-refractivity contribution is 0.136. The largest absolute Gasteiger partial charge is 0.396 e. The Morgan fingerprint density at radius 3 is 2.87 bits per heavy atom. The molecule has 15 heavy (non-hydrogen) atoms. The van der Waals surface area contributed by atoms with Crippen molar-refractivity contribution in [1.82, 2.24) is 10.2 Å². The zero-order chi connectivity index (χ0) is 11.3. The fourth-order valence-electron chi connectivity index (χ4n) is 2.21. The number of nitrogens with zero attached hydrogens (tertiary/aromatic N) is 1. The lowest BCUT2D eigenvalue weighted by Gasteiger charge is -2.37. The molecular weight excluding hydrogens is 194 g/mol. The molecular formula is C10H21N3O2. The normalized spacial score (nSPS) is 26.7. The first-order valence-corrected chi connectivity index (χ1v) is 5.56. The SMILES string of the molecule is CCNC1CC(CCO)CN(C(N)=O)C1. The summed E-state index contributed by atoms with van der Waals surface area (Å²) < 4.78 is 0. The minimum Gasteiger partial charge on any atom is -0.396 e. The fraction of sp³-hybridized carbons (Fsp3) is 0.900. The lowest BCUT2D eigenvalue weighted by atomic mass is 9.92. The number of aliphatic hydroxyl groups is 1. The summed E-state index contributed by atoms with van der Waals surface area (Å²) in [4.78, 5) is 12.8. The first kappa shape index (κ1) is 12.3. The van der Waals surface area contributed by atoms with Gasteiger partial charge < -0.3 is 21.1 Å². The number of likely N-dealkylation sites (N-methyl/N-ethyl adjacent to an activating group) is 1. The summed E-state index contributed by atoms with van der Waals surface area (Å²) in [7, 11) is 0. The second-order valence-corrected chi connectivity index (χ2v) is 4.11. The number of nitrogens with one attached hydrogen (secondary N) is 1. The van der Waals surface area contributed by atoms with E-state index in [0.29, 0.717) is 25.0 Å². The number of amides is 2. The van der Waals surface area contributed by atoms with Crippen LogP contribution in [0.25, 0.3) is 0 Å². The van der Waals surface area contributed by atoms with Gasteiger partial charge in [0.25, 0.3) is 0 Å². The minimum absolute atomic E-state index is 0.177. The maximum atomic E-state index is 11.1. The van der Waals surface area contributed by atoms with Crippen LogP contribution in [0, 0.1) is 5.92 Å². The van der Waals surface area contributed by atoms with E-state index in [1.165, 1.54) is 0 Å². The van der Waals surface area contributed by atoms with E-state index in [9.17, 15) is 4.79 Å². The van der Waals surface area contributed by atoms with E-state index in [0.717, 1.165) is 19.4 Å². The van der Waals surface area contributed by atoms with Crippen molar-refractivity contribution in [2.45, 2.75) is 25.8 Å². The first-order chi connectivity index (χ1) is 7.17. The zero-order valence-corrected chi connectivity index (χ0v) is 9.28. The minimum atomic E-state index is -0.361. The average Bonchev–Trinajstić information content (AvgIpc) is 2.18. The average molecular weight is 215 g/mol. The van der Waals surface area contributed by atoms with Crippen LogP contribution in [0.1, 0.15) is 19.8 Å². The predicted molar refractivity (Wildman–Crippen MR) is 58.4 cm³/mol. The number of carbonyl (C=O) groups excluding carboxylic acids is 1. The number of aliphatic hydroxyl groups excluding tert-OH is 1. The topological polar surface area (TPSA) is 78.6 Å². The Hall–Kier alpha value is -0.810. The highest BCUT2D eigenvalue weighted by atomic mass is 16.3. The molecule has 0 saturated carbocycles. The van der Waals surface area contributed by atoms with Gasteiger partial charge in [-0.1, -0.05) is 6.92 Å². The van der Waals surface area contributed by atoms with Gasteiger partial charge in [0.15, 0.2) is 0 Å². The number of rotatable bonds is 4. The molecule has 2 atom stereocenters. The second kappa shape index (κ2) is 5.92. The molecule has 5 nitrogen and oxygen atoms in total. The number of piperidine rings is 1. The molecule has 1 heterocycles. The van der Waals surface area contributed by atoms with Gasteiger partial charge in [-0.15, -0.1) is 0 Å². The van der Waals surface area contributed by atoms with E-state index < -0.39 is 0 Å². The van der Waals surface area contributed by atoms with Crippen molar-refractivity contribution in [3.05, 3.63) is 0 Å². The Balaban J connectivity index is 2.51. The van der Waals surface area contributed by atoms with Crippen molar-refractivity contribution in [2.75, 3.05) is 26.2 Å². The van der Waals surface area contributed by atoms with Crippen molar-refractivity contribution < 1.29 is 9.90 Å². The van der Waals surface area contributed by atoms with Gasteiger partial charge in [0.1, 0.15) is 0 Å². The van der Waals surface area contributed by atoms with Crippen LogP contribution < -0.4 is 11.1 Å². The molecule has 0 aromatic rings. The Labute approximate surface area is 90.6 Å². The van der Waals surface area contributed by atoms with Crippen molar-refractivity contribution in [3.8, 4) is 0 Å². The van der Waals surface area contributed by atoms with Gasteiger partial charge in [-0.3, -0.25) is 0 Å². The van der Waals surface area contributed by atoms with E-state index in [1.54, 1.807) is 4.90 Å². The van der Waals surface area contributed by atoms with E-state index >= 15 is 0 Å². The number of carbonyl (C=O) groups is 1. The lowest BCUT2D eigenvalue weighted by Crippen LogP contribution is -2.52. The van der Waals surface area contributed by atoms with Crippen molar-refractivity contribution >= 4 is 6.03 Å². The highest BCUT2D eigenvalue weighted by Gasteiger charge is 2.27. The molecule has 88 valence electrons. The molecule has 0 radical (unpaired) electrons. The molecule has 0 bridgehead atoms. The predicted octanol–water partition coefficient (Wildman–Crippen LogP) is -0.252. The smallest absolute Gasteiger partial charge is 0.314 e. The maximum Gasteiger partial charge on any atom is 0.314 e. The third-order valence-corrected chi connectivity index (χ3v) is 2.88. The molecule has 0 spiro atoms. The van der Waals surface area contributed by atoms with Gasteiger partial charge in [0, 0.05) is 25.7 Å². The Morgan fingerprint density at radius 1 is 1.60 bits per heavy atom. The van der Waals surface area contributed by atoms with E-state index in [-0.39, 0.29) is 12.6 Å². The summed E-state index contributed by atoms with van der Waals surface area (Å²) in [6.07, 6.45) is 1.75. The molecule has 1 rings (SSSR count). The number of hydrogen-bond acceptors (Lipinski definition) is 3. The number of nitrogens with two attached hydrogens (primary N) is 1. The molecule has 2 amide bonds. The molecule has 1 aliphatic rings. The number of hydrogen-bond donors (Lipinski definition) is 3. The summed E-state index contributed by atoms with van der Waals surface area (Å²) in [6, 6.07) is -0.0478. The monoisotopic (exact) mass is 215 g/mol. The zero-order valence-electron chi connectivity index (χ0n) is 9.28. The molecule has 4 N–H and O–H groups in total. The maximum absolute atomic E-state index is 11.1. The van der Waals surface area contributed by atoms with Gasteiger partial charge in [-0.05, 0) is 25.3 Å². The van der Waals surface area contributed by atoms with Gasteiger partial charge in [-0.2, -0.15) is 0 Å². The molecule has 2 unspecified atom stereocenters. The third-order valence-electron chi connectivity index (χ3n) is 2.88. The summed E-state index contributed by atoms with van der Waals surface area (Å²) in [5.74, 6) is 0.361. The Bertz CT molecular complexity index is 197. The van der Waals surface area contributed by atoms with E-state index in [4.69, 9.17) is 10.8 Å². The standard InChI is InChI=1S/C10H21N3O2/c1-2-12-9-5-8(3-4-14)6-13(7-9)10(11)15/h8-9,12,14H,2-7H2,1H3,(H2,11,15). The molecule has 1 aliphatic heterocycles. The molecule has 5 heteroatoms. The van der Waals surface area contributed by atoms with Crippen LogP contribution in [0.15, 0.2) is 0 Å². The number of urea groups is 1. The van der Waals surface area contributed by atoms with Crippen LogP contribution in [-0.4, -0.2) is 48.3 Å².